The van der Waals surface area contributed by atoms with Crippen LogP contribution in [0.25, 0.3) is 11.0 Å². The van der Waals surface area contributed by atoms with E-state index in [0.29, 0.717) is 38.3 Å². The lowest BCUT2D eigenvalue weighted by atomic mass is 9.79. The lowest BCUT2D eigenvalue weighted by Crippen LogP contribution is -2.46. The Morgan fingerprint density at radius 3 is 2.57 bits per heavy atom. The maximum atomic E-state index is 12.7. The zero-order chi connectivity index (χ0) is 16.6. The monoisotopic (exact) mass is 318 g/mol. The van der Waals surface area contributed by atoms with Gasteiger partial charge in [-0.2, -0.15) is 0 Å². The number of aromatic nitrogens is 2. The molecule has 1 saturated heterocycles. The first-order valence-corrected chi connectivity index (χ1v) is 7.73. The van der Waals surface area contributed by atoms with E-state index in [-0.39, 0.29) is 11.6 Å². The number of carbonyl (C=O) groups excluding carboxylic acids is 1. The summed E-state index contributed by atoms with van der Waals surface area (Å²) >= 11 is 0. The Hall–Kier alpha value is -2.12. The van der Waals surface area contributed by atoms with Gasteiger partial charge in [-0.15, -0.1) is 0 Å². The summed E-state index contributed by atoms with van der Waals surface area (Å²) in [6.07, 6.45) is 1.25. The largest absolute Gasteiger partial charge is 0.381 e. The summed E-state index contributed by atoms with van der Waals surface area (Å²) in [5.41, 5.74) is 7.48. The summed E-state index contributed by atoms with van der Waals surface area (Å²) in [7, 11) is 3.45. The molecule has 124 valence electrons. The van der Waals surface area contributed by atoms with Crippen LogP contribution in [-0.2, 0) is 23.6 Å². The van der Waals surface area contributed by atoms with Gasteiger partial charge in [0, 0.05) is 39.5 Å². The molecule has 7 heteroatoms. The van der Waals surface area contributed by atoms with Crippen LogP contribution in [-0.4, -0.2) is 34.8 Å². The Morgan fingerprint density at radius 1 is 1.26 bits per heavy atom. The minimum atomic E-state index is -0.574. The molecule has 0 spiro atoms. The third kappa shape index (κ3) is 2.55. The fraction of sp³-hybridized carbons (Fsp3) is 0.500. The minimum Gasteiger partial charge on any atom is -0.381 e. The average Bonchev–Trinajstić information content (AvgIpc) is 2.80. The third-order valence-electron chi connectivity index (χ3n) is 4.85. The molecule has 0 bridgehead atoms. The number of hydrogen-bond donors (Lipinski definition) is 2. The number of benzene rings is 1. The van der Waals surface area contributed by atoms with Gasteiger partial charge < -0.3 is 15.8 Å². The maximum Gasteiger partial charge on any atom is 0.328 e. The van der Waals surface area contributed by atoms with Crippen LogP contribution in [0, 0.1) is 5.41 Å². The van der Waals surface area contributed by atoms with Gasteiger partial charge in [-0.25, -0.2) is 4.79 Å². The normalized spacial score (nSPS) is 17.3. The number of amides is 1. The van der Waals surface area contributed by atoms with E-state index in [0.717, 1.165) is 11.0 Å². The van der Waals surface area contributed by atoms with Crippen LogP contribution in [0.5, 0.6) is 0 Å². The lowest BCUT2D eigenvalue weighted by Gasteiger charge is -2.34. The molecule has 1 fully saturated rings. The molecule has 1 aliphatic heterocycles. The van der Waals surface area contributed by atoms with Gasteiger partial charge in [-0.1, -0.05) is 0 Å². The number of carbonyl (C=O) groups is 1. The van der Waals surface area contributed by atoms with Crippen molar-refractivity contribution < 1.29 is 9.53 Å². The Kier molecular flexibility index (Phi) is 3.99. The zero-order valence-corrected chi connectivity index (χ0v) is 13.5. The van der Waals surface area contributed by atoms with Gasteiger partial charge >= 0.3 is 5.69 Å². The number of imidazole rings is 1. The highest BCUT2D eigenvalue weighted by Crippen LogP contribution is 2.31. The highest BCUT2D eigenvalue weighted by Gasteiger charge is 2.38. The van der Waals surface area contributed by atoms with Crippen LogP contribution in [0.3, 0.4) is 0 Å². The molecule has 2 aromatic rings. The van der Waals surface area contributed by atoms with Crippen molar-refractivity contribution in [3.63, 3.8) is 0 Å². The van der Waals surface area contributed by atoms with Gasteiger partial charge in [0.05, 0.1) is 16.4 Å². The van der Waals surface area contributed by atoms with Gasteiger partial charge in [-0.3, -0.25) is 13.9 Å². The SMILES string of the molecule is Cn1c(=O)n(C)c2cc(NC(=O)C3(CN)CCOCC3)ccc21. The number of nitrogens with one attached hydrogen (secondary N) is 1. The van der Waals surface area contributed by atoms with Gasteiger partial charge in [0.25, 0.3) is 0 Å². The van der Waals surface area contributed by atoms with Gasteiger partial charge in [-0.05, 0) is 31.0 Å². The molecule has 0 aliphatic carbocycles. The van der Waals surface area contributed by atoms with E-state index in [1.807, 2.05) is 18.2 Å². The summed E-state index contributed by atoms with van der Waals surface area (Å²) in [5.74, 6) is -0.0800. The fourth-order valence-corrected chi connectivity index (χ4v) is 3.13. The molecule has 0 atom stereocenters. The number of hydrogen-bond acceptors (Lipinski definition) is 4. The van der Waals surface area contributed by atoms with Gasteiger partial charge in [0.15, 0.2) is 0 Å². The van der Waals surface area contributed by atoms with Crippen LogP contribution in [0.1, 0.15) is 12.8 Å². The topological polar surface area (TPSA) is 91.3 Å². The number of fused-ring (bicyclic) bond motifs is 1. The zero-order valence-electron chi connectivity index (χ0n) is 13.5. The first kappa shape index (κ1) is 15.8. The second-order valence-electron chi connectivity index (χ2n) is 6.16. The van der Waals surface area contributed by atoms with Crippen molar-refractivity contribution in [1.29, 1.82) is 0 Å². The first-order valence-electron chi connectivity index (χ1n) is 7.73. The van der Waals surface area contributed by atoms with E-state index in [9.17, 15) is 9.59 Å². The molecule has 7 nitrogen and oxygen atoms in total. The summed E-state index contributed by atoms with van der Waals surface area (Å²) in [4.78, 5) is 24.7. The van der Waals surface area contributed by atoms with Crippen LogP contribution in [0.15, 0.2) is 23.0 Å². The van der Waals surface area contributed by atoms with Crippen molar-refractivity contribution >= 4 is 22.6 Å². The van der Waals surface area contributed by atoms with Crippen molar-refractivity contribution in [2.75, 3.05) is 25.1 Å². The number of aryl methyl sites for hydroxylation is 2. The fourth-order valence-electron chi connectivity index (χ4n) is 3.13. The molecule has 1 aliphatic rings. The second-order valence-corrected chi connectivity index (χ2v) is 6.16. The van der Waals surface area contributed by atoms with Crippen molar-refractivity contribution in [2.45, 2.75) is 12.8 Å². The van der Waals surface area contributed by atoms with Crippen LogP contribution in [0.2, 0.25) is 0 Å². The molecule has 0 unspecified atom stereocenters. The molecule has 1 amide bonds. The number of nitrogens with two attached hydrogens (primary N) is 1. The highest BCUT2D eigenvalue weighted by molar-refractivity contribution is 5.97. The van der Waals surface area contributed by atoms with E-state index < -0.39 is 5.41 Å². The van der Waals surface area contributed by atoms with E-state index in [1.165, 1.54) is 0 Å². The molecule has 1 aromatic carbocycles. The standard InChI is InChI=1S/C16H22N4O3/c1-19-12-4-3-11(9-13(12)20(2)15(19)22)18-14(21)16(10-17)5-7-23-8-6-16/h3-4,9H,5-8,10,17H2,1-2H3,(H,18,21). The number of ether oxygens (including phenoxy) is 1. The molecule has 0 radical (unpaired) electrons. The second kappa shape index (κ2) is 5.82. The Balaban J connectivity index is 1.90. The first-order chi connectivity index (χ1) is 11.0. The molecule has 23 heavy (non-hydrogen) atoms. The van der Waals surface area contributed by atoms with Gasteiger partial charge in [0.2, 0.25) is 5.91 Å². The predicted molar refractivity (Wildman–Crippen MR) is 88.3 cm³/mol. The minimum absolute atomic E-state index is 0.0800. The van der Waals surface area contributed by atoms with Crippen molar-refractivity contribution in [1.82, 2.24) is 9.13 Å². The quantitative estimate of drug-likeness (QED) is 0.865. The summed E-state index contributed by atoms with van der Waals surface area (Å²) in [6.45, 7) is 1.40. The molecule has 3 rings (SSSR count). The van der Waals surface area contributed by atoms with E-state index in [1.54, 1.807) is 23.2 Å². The van der Waals surface area contributed by atoms with Crippen LogP contribution < -0.4 is 16.7 Å². The van der Waals surface area contributed by atoms with Crippen molar-refractivity contribution in [3.05, 3.63) is 28.7 Å². The number of anilines is 1. The molecule has 3 N–H and O–H groups in total. The summed E-state index contributed by atoms with van der Waals surface area (Å²) in [6, 6.07) is 5.47. The Labute approximate surface area is 134 Å². The number of nitrogens with zero attached hydrogens (tertiary/aromatic N) is 2. The van der Waals surface area contributed by atoms with Crippen LogP contribution >= 0.6 is 0 Å². The van der Waals surface area contributed by atoms with E-state index in [4.69, 9.17) is 10.5 Å². The molecular formula is C16H22N4O3. The molecule has 1 aromatic heterocycles. The van der Waals surface area contributed by atoms with Gasteiger partial charge in [0.1, 0.15) is 0 Å². The highest BCUT2D eigenvalue weighted by atomic mass is 16.5. The van der Waals surface area contributed by atoms with E-state index >= 15 is 0 Å². The van der Waals surface area contributed by atoms with E-state index in [2.05, 4.69) is 5.32 Å². The summed E-state index contributed by atoms with van der Waals surface area (Å²) in [5, 5.41) is 2.95. The maximum absolute atomic E-state index is 12.7. The predicted octanol–water partition coefficient (Wildman–Crippen LogP) is 0.571. The van der Waals surface area contributed by atoms with Crippen LogP contribution in [0.4, 0.5) is 5.69 Å². The average molecular weight is 318 g/mol. The Bertz CT molecular complexity index is 799. The Morgan fingerprint density at radius 2 is 1.91 bits per heavy atom. The van der Waals surface area contributed by atoms with Crippen molar-refractivity contribution in [2.24, 2.45) is 25.2 Å². The third-order valence-corrected chi connectivity index (χ3v) is 4.85. The smallest absolute Gasteiger partial charge is 0.328 e. The molecule has 2 heterocycles. The summed E-state index contributed by atoms with van der Waals surface area (Å²) < 4.78 is 8.49. The number of rotatable bonds is 3. The van der Waals surface area contributed by atoms with Crippen molar-refractivity contribution in [3.8, 4) is 0 Å². The molecular weight excluding hydrogens is 296 g/mol. The lowest BCUT2D eigenvalue weighted by molar-refractivity contribution is -0.130. The molecule has 0 saturated carbocycles.